The Labute approximate surface area is 125 Å². The zero-order valence-corrected chi connectivity index (χ0v) is 13.0. The molecule has 1 rings (SSSR count). The van der Waals surface area contributed by atoms with Crippen LogP contribution in [0.15, 0.2) is 24.3 Å². The molecule has 1 unspecified atom stereocenters. The lowest BCUT2D eigenvalue weighted by Gasteiger charge is -2.19. The summed E-state index contributed by atoms with van der Waals surface area (Å²) < 4.78 is 10.1. The molecule has 0 radical (unpaired) electrons. The molecule has 5 nitrogen and oxygen atoms in total. The average Bonchev–Trinajstić information content (AvgIpc) is 2.37. The van der Waals surface area contributed by atoms with E-state index in [0.717, 1.165) is 5.56 Å². The second-order valence-corrected chi connectivity index (χ2v) is 5.76. The number of rotatable bonds is 5. The maximum absolute atomic E-state index is 11.9. The Kier molecular flexibility index (Phi) is 5.90. The summed E-state index contributed by atoms with van der Waals surface area (Å²) in [6.45, 7) is 7.50. The van der Waals surface area contributed by atoms with Crippen LogP contribution in [0, 0.1) is 0 Å². The number of hydrogen-bond acceptors (Lipinski definition) is 5. The van der Waals surface area contributed by atoms with Crippen molar-refractivity contribution in [2.75, 3.05) is 6.61 Å². The standard InChI is InChI=1S/C16H23NO4/c1-5-20-15(19)13(17)10-11-6-8-12(9-7-11)14(18)21-16(2,3)4/h6-9,13H,5,10,17H2,1-4H3. The van der Waals surface area contributed by atoms with E-state index in [1.807, 2.05) is 20.8 Å². The van der Waals surface area contributed by atoms with Gasteiger partial charge in [0.15, 0.2) is 0 Å². The van der Waals surface area contributed by atoms with Crippen LogP contribution in [0.2, 0.25) is 0 Å². The zero-order valence-electron chi connectivity index (χ0n) is 13.0. The first kappa shape index (κ1) is 17.2. The van der Waals surface area contributed by atoms with Gasteiger partial charge in [-0.05, 0) is 51.8 Å². The largest absolute Gasteiger partial charge is 0.465 e. The van der Waals surface area contributed by atoms with Crippen molar-refractivity contribution in [3.05, 3.63) is 35.4 Å². The Morgan fingerprint density at radius 1 is 1.19 bits per heavy atom. The summed E-state index contributed by atoms with van der Waals surface area (Å²) in [6.07, 6.45) is 0.368. The molecule has 0 aliphatic rings. The Balaban J connectivity index is 2.66. The smallest absolute Gasteiger partial charge is 0.338 e. The van der Waals surface area contributed by atoms with Gasteiger partial charge in [0, 0.05) is 0 Å². The zero-order chi connectivity index (χ0) is 16.0. The summed E-state index contributed by atoms with van der Waals surface area (Å²) >= 11 is 0. The van der Waals surface area contributed by atoms with Gasteiger partial charge < -0.3 is 15.2 Å². The lowest BCUT2D eigenvalue weighted by Crippen LogP contribution is -2.34. The molecule has 0 aromatic heterocycles. The second kappa shape index (κ2) is 7.22. The van der Waals surface area contributed by atoms with Crippen LogP contribution in [0.4, 0.5) is 0 Å². The lowest BCUT2D eigenvalue weighted by molar-refractivity contribution is -0.144. The van der Waals surface area contributed by atoms with Gasteiger partial charge in [-0.15, -0.1) is 0 Å². The molecule has 0 saturated carbocycles. The normalized spacial score (nSPS) is 12.6. The first-order valence-corrected chi connectivity index (χ1v) is 6.97. The molecule has 21 heavy (non-hydrogen) atoms. The van der Waals surface area contributed by atoms with Gasteiger partial charge in [0.05, 0.1) is 12.2 Å². The van der Waals surface area contributed by atoms with Crippen molar-refractivity contribution in [1.82, 2.24) is 0 Å². The minimum Gasteiger partial charge on any atom is -0.465 e. The van der Waals surface area contributed by atoms with E-state index in [2.05, 4.69) is 0 Å². The fourth-order valence-corrected chi connectivity index (χ4v) is 1.70. The van der Waals surface area contributed by atoms with Gasteiger partial charge in [-0.3, -0.25) is 4.79 Å². The summed E-state index contributed by atoms with van der Waals surface area (Å²) in [5, 5.41) is 0. The topological polar surface area (TPSA) is 78.6 Å². The van der Waals surface area contributed by atoms with Crippen molar-refractivity contribution in [1.29, 1.82) is 0 Å². The molecular weight excluding hydrogens is 270 g/mol. The Bertz CT molecular complexity index is 488. The minimum absolute atomic E-state index is 0.310. The SMILES string of the molecule is CCOC(=O)C(N)Cc1ccc(C(=O)OC(C)(C)C)cc1. The molecule has 1 aromatic carbocycles. The second-order valence-electron chi connectivity index (χ2n) is 5.76. The maximum Gasteiger partial charge on any atom is 0.338 e. The molecule has 1 aromatic rings. The van der Waals surface area contributed by atoms with E-state index >= 15 is 0 Å². The Morgan fingerprint density at radius 3 is 2.24 bits per heavy atom. The van der Waals surface area contributed by atoms with Crippen molar-refractivity contribution >= 4 is 11.9 Å². The summed E-state index contributed by atoms with van der Waals surface area (Å²) in [4.78, 5) is 23.3. The van der Waals surface area contributed by atoms with Crippen molar-refractivity contribution in [3.8, 4) is 0 Å². The number of carbonyl (C=O) groups excluding carboxylic acids is 2. The van der Waals surface area contributed by atoms with E-state index < -0.39 is 17.6 Å². The first-order chi connectivity index (χ1) is 9.73. The molecule has 2 N–H and O–H groups in total. The lowest BCUT2D eigenvalue weighted by atomic mass is 10.0. The molecule has 0 fully saturated rings. The number of hydrogen-bond donors (Lipinski definition) is 1. The first-order valence-electron chi connectivity index (χ1n) is 6.97. The van der Waals surface area contributed by atoms with Crippen molar-refractivity contribution < 1.29 is 19.1 Å². The molecule has 0 spiro atoms. The van der Waals surface area contributed by atoms with Crippen LogP contribution >= 0.6 is 0 Å². The summed E-state index contributed by atoms with van der Waals surface area (Å²) in [5.41, 5.74) is 6.56. The molecular formula is C16H23NO4. The van der Waals surface area contributed by atoms with E-state index in [1.165, 1.54) is 0 Å². The highest BCUT2D eigenvalue weighted by atomic mass is 16.6. The van der Waals surface area contributed by atoms with Gasteiger partial charge in [0.25, 0.3) is 0 Å². The van der Waals surface area contributed by atoms with Crippen LogP contribution in [0.25, 0.3) is 0 Å². The third kappa shape index (κ3) is 5.95. The molecule has 0 aliphatic carbocycles. The predicted molar refractivity (Wildman–Crippen MR) is 79.9 cm³/mol. The van der Waals surface area contributed by atoms with E-state index in [9.17, 15) is 9.59 Å². The highest BCUT2D eigenvalue weighted by Crippen LogP contribution is 2.13. The Morgan fingerprint density at radius 2 is 1.76 bits per heavy atom. The van der Waals surface area contributed by atoms with Gasteiger partial charge in [-0.2, -0.15) is 0 Å². The monoisotopic (exact) mass is 293 g/mol. The number of carbonyl (C=O) groups is 2. The molecule has 0 aliphatic heterocycles. The number of benzene rings is 1. The van der Waals surface area contributed by atoms with Crippen LogP contribution in [-0.4, -0.2) is 30.2 Å². The summed E-state index contributed by atoms with van der Waals surface area (Å²) in [7, 11) is 0. The van der Waals surface area contributed by atoms with Crippen molar-refractivity contribution in [2.45, 2.75) is 45.8 Å². The highest BCUT2D eigenvalue weighted by Gasteiger charge is 2.18. The van der Waals surface area contributed by atoms with Crippen LogP contribution in [0.3, 0.4) is 0 Å². The molecule has 0 heterocycles. The minimum atomic E-state index is -0.697. The highest BCUT2D eigenvalue weighted by molar-refractivity contribution is 5.89. The third-order valence-electron chi connectivity index (χ3n) is 2.63. The fourth-order valence-electron chi connectivity index (χ4n) is 1.70. The van der Waals surface area contributed by atoms with Gasteiger partial charge >= 0.3 is 11.9 Å². The Hall–Kier alpha value is -1.88. The van der Waals surface area contributed by atoms with Crippen LogP contribution < -0.4 is 5.73 Å². The number of ether oxygens (including phenoxy) is 2. The number of esters is 2. The van der Waals surface area contributed by atoms with E-state index in [-0.39, 0.29) is 5.97 Å². The van der Waals surface area contributed by atoms with E-state index in [4.69, 9.17) is 15.2 Å². The van der Waals surface area contributed by atoms with Gasteiger partial charge in [0.2, 0.25) is 0 Å². The van der Waals surface area contributed by atoms with E-state index in [0.29, 0.717) is 18.6 Å². The molecule has 0 bridgehead atoms. The molecule has 0 saturated heterocycles. The average molecular weight is 293 g/mol. The van der Waals surface area contributed by atoms with Crippen LogP contribution in [0.5, 0.6) is 0 Å². The van der Waals surface area contributed by atoms with E-state index in [1.54, 1.807) is 31.2 Å². The molecule has 5 heteroatoms. The molecule has 0 amide bonds. The molecule has 1 atom stereocenters. The van der Waals surface area contributed by atoms with Crippen LogP contribution in [0.1, 0.15) is 43.6 Å². The van der Waals surface area contributed by atoms with Crippen LogP contribution in [-0.2, 0) is 20.7 Å². The predicted octanol–water partition coefficient (Wildman–Crippen LogP) is 2.07. The van der Waals surface area contributed by atoms with Gasteiger partial charge in [0.1, 0.15) is 11.6 Å². The summed E-state index contributed by atoms with van der Waals surface area (Å²) in [6, 6.07) is 6.16. The molecule has 116 valence electrons. The number of nitrogens with two attached hydrogens (primary N) is 1. The third-order valence-corrected chi connectivity index (χ3v) is 2.63. The van der Waals surface area contributed by atoms with Crippen molar-refractivity contribution in [3.63, 3.8) is 0 Å². The maximum atomic E-state index is 11.9. The summed E-state index contributed by atoms with van der Waals surface area (Å²) in [5.74, 6) is -0.794. The fraction of sp³-hybridized carbons (Fsp3) is 0.500. The van der Waals surface area contributed by atoms with Crippen molar-refractivity contribution in [2.24, 2.45) is 5.73 Å². The van der Waals surface area contributed by atoms with Gasteiger partial charge in [-0.1, -0.05) is 12.1 Å². The quantitative estimate of drug-likeness (QED) is 0.841. The van der Waals surface area contributed by atoms with Gasteiger partial charge in [-0.25, -0.2) is 4.79 Å².